The van der Waals surface area contributed by atoms with E-state index in [1.54, 1.807) is 4.68 Å². The number of aliphatic hydroxyl groups excluding tert-OH is 2. The molecule has 0 spiro atoms. The molecule has 10 nitrogen and oxygen atoms in total. The Labute approximate surface area is 188 Å². The first-order valence-corrected chi connectivity index (χ1v) is 10.9. The average Bonchev–Trinajstić information content (AvgIpc) is 3.28. The Balaban J connectivity index is 1.47. The van der Waals surface area contributed by atoms with Crippen molar-refractivity contribution in [1.82, 2.24) is 30.1 Å². The molecule has 0 bridgehead atoms. The molecular weight excluding hydrogens is 412 g/mol. The van der Waals surface area contributed by atoms with Gasteiger partial charge in [0.25, 0.3) is 0 Å². The Hall–Kier alpha value is -2.37. The minimum atomic E-state index is -1.13. The lowest BCUT2D eigenvalue weighted by molar-refractivity contribution is -0.125. The number of aliphatic hydroxyl groups is 2. The number of likely N-dealkylation sites (N-methyl/N-ethyl adjacent to an activating group) is 1. The second-order valence-electron chi connectivity index (χ2n) is 8.64. The molecule has 176 valence electrons. The van der Waals surface area contributed by atoms with Crippen LogP contribution in [-0.4, -0.2) is 99.6 Å². The number of rotatable bonds is 11. The highest BCUT2D eigenvalue weighted by Crippen LogP contribution is 2.24. The van der Waals surface area contributed by atoms with Crippen LogP contribution in [0.3, 0.4) is 0 Å². The Morgan fingerprint density at radius 3 is 2.56 bits per heavy atom. The summed E-state index contributed by atoms with van der Waals surface area (Å²) in [6.45, 7) is 2.90. The van der Waals surface area contributed by atoms with Gasteiger partial charge < -0.3 is 25.2 Å². The van der Waals surface area contributed by atoms with Crippen LogP contribution in [0.1, 0.15) is 17.7 Å². The molecule has 10 heteroatoms. The van der Waals surface area contributed by atoms with Crippen LogP contribution in [0.15, 0.2) is 36.5 Å². The lowest BCUT2D eigenvalue weighted by Gasteiger charge is -2.15. The maximum atomic E-state index is 12.1. The summed E-state index contributed by atoms with van der Waals surface area (Å²) < 4.78 is 7.39. The predicted octanol–water partition coefficient (Wildman–Crippen LogP) is -0.533. The van der Waals surface area contributed by atoms with Crippen molar-refractivity contribution >= 4 is 5.91 Å². The highest BCUT2D eigenvalue weighted by Gasteiger charge is 2.43. The van der Waals surface area contributed by atoms with Crippen LogP contribution in [0.25, 0.3) is 0 Å². The zero-order valence-corrected chi connectivity index (χ0v) is 19.0. The second-order valence-corrected chi connectivity index (χ2v) is 8.64. The zero-order valence-electron chi connectivity index (χ0n) is 19.0. The highest BCUT2D eigenvalue weighted by atomic mass is 16.5. The van der Waals surface area contributed by atoms with Crippen molar-refractivity contribution in [3.05, 3.63) is 47.8 Å². The SMILES string of the molecule is CN(C)CCNC(=O)CC1OC(Cn2cc(CN(C)Cc3ccccc3)nn2)C(O)C1O. The normalized spacial score (nSPS) is 23.2. The first-order chi connectivity index (χ1) is 15.3. The summed E-state index contributed by atoms with van der Waals surface area (Å²) in [6.07, 6.45) is -1.83. The van der Waals surface area contributed by atoms with Gasteiger partial charge in [0, 0.05) is 32.4 Å². The van der Waals surface area contributed by atoms with Crippen molar-refractivity contribution in [3.8, 4) is 0 Å². The third-order valence-electron chi connectivity index (χ3n) is 5.41. The molecule has 1 aromatic carbocycles. The van der Waals surface area contributed by atoms with Crippen LogP contribution in [0.2, 0.25) is 0 Å². The standard InChI is InChI=1S/C22H34N6O4/c1-26(2)10-9-23-20(29)11-18-21(30)22(31)19(32-18)15-28-14-17(24-25-28)13-27(3)12-16-7-5-4-6-8-16/h4-8,14,18-19,21-22,30-31H,9-13,15H2,1-3H3,(H,23,29). The molecule has 1 amide bonds. The lowest BCUT2D eigenvalue weighted by atomic mass is 10.1. The van der Waals surface area contributed by atoms with Gasteiger partial charge in [-0.15, -0.1) is 5.10 Å². The molecule has 0 aliphatic carbocycles. The van der Waals surface area contributed by atoms with Crippen LogP contribution in [0.5, 0.6) is 0 Å². The van der Waals surface area contributed by atoms with E-state index < -0.39 is 24.4 Å². The fraction of sp³-hybridized carbons (Fsp3) is 0.591. The Morgan fingerprint density at radius 2 is 1.84 bits per heavy atom. The smallest absolute Gasteiger partial charge is 0.222 e. The summed E-state index contributed by atoms with van der Waals surface area (Å²) in [5.41, 5.74) is 2.02. The summed E-state index contributed by atoms with van der Waals surface area (Å²) in [7, 11) is 5.86. The number of ether oxygens (including phenoxy) is 1. The van der Waals surface area contributed by atoms with E-state index in [-0.39, 0.29) is 18.9 Å². The quantitative estimate of drug-likeness (QED) is 0.422. The molecule has 32 heavy (non-hydrogen) atoms. The molecule has 3 rings (SSSR count). The third kappa shape index (κ3) is 7.07. The van der Waals surface area contributed by atoms with Crippen molar-refractivity contribution in [1.29, 1.82) is 0 Å². The molecule has 1 aliphatic heterocycles. The van der Waals surface area contributed by atoms with Gasteiger partial charge >= 0.3 is 0 Å². The van der Waals surface area contributed by atoms with Gasteiger partial charge in [-0.05, 0) is 26.7 Å². The Bertz CT molecular complexity index is 846. The summed E-state index contributed by atoms with van der Waals surface area (Å²) in [5, 5.41) is 31.8. The van der Waals surface area contributed by atoms with Crippen LogP contribution in [0, 0.1) is 0 Å². The van der Waals surface area contributed by atoms with Gasteiger partial charge in [0.2, 0.25) is 5.91 Å². The van der Waals surface area contributed by atoms with E-state index >= 15 is 0 Å². The van der Waals surface area contributed by atoms with Gasteiger partial charge in [-0.1, -0.05) is 35.5 Å². The van der Waals surface area contributed by atoms with Crippen LogP contribution in [-0.2, 0) is 29.2 Å². The number of nitrogens with zero attached hydrogens (tertiary/aromatic N) is 5. The fourth-order valence-electron chi connectivity index (χ4n) is 3.73. The maximum Gasteiger partial charge on any atom is 0.222 e. The number of benzene rings is 1. The molecule has 4 atom stereocenters. The molecule has 2 heterocycles. The summed E-state index contributed by atoms with van der Waals surface area (Å²) in [5.74, 6) is -0.215. The van der Waals surface area contributed by atoms with Crippen molar-refractivity contribution in [2.45, 2.75) is 50.5 Å². The molecule has 1 fully saturated rings. The largest absolute Gasteiger partial charge is 0.388 e. The predicted molar refractivity (Wildman–Crippen MR) is 118 cm³/mol. The van der Waals surface area contributed by atoms with Gasteiger partial charge in [0.1, 0.15) is 18.3 Å². The monoisotopic (exact) mass is 446 g/mol. The highest BCUT2D eigenvalue weighted by molar-refractivity contribution is 5.76. The first-order valence-electron chi connectivity index (χ1n) is 10.9. The van der Waals surface area contributed by atoms with Gasteiger partial charge in [-0.2, -0.15) is 0 Å². The number of aromatic nitrogens is 3. The Kier molecular flexibility index (Phi) is 8.71. The maximum absolute atomic E-state index is 12.1. The van der Waals surface area contributed by atoms with E-state index in [2.05, 4.69) is 32.7 Å². The zero-order chi connectivity index (χ0) is 23.1. The number of nitrogens with one attached hydrogen (secondary N) is 1. The van der Waals surface area contributed by atoms with E-state index in [1.807, 2.05) is 50.4 Å². The van der Waals surface area contributed by atoms with Crippen molar-refractivity contribution in [2.24, 2.45) is 0 Å². The second kappa shape index (κ2) is 11.5. The molecule has 4 unspecified atom stereocenters. The fourth-order valence-corrected chi connectivity index (χ4v) is 3.73. The van der Waals surface area contributed by atoms with E-state index in [4.69, 9.17) is 4.74 Å². The van der Waals surface area contributed by atoms with E-state index in [9.17, 15) is 15.0 Å². The molecule has 3 N–H and O–H groups in total. The van der Waals surface area contributed by atoms with Crippen LogP contribution >= 0.6 is 0 Å². The molecule has 0 saturated carbocycles. The average molecular weight is 447 g/mol. The number of carbonyl (C=O) groups excluding carboxylic acids is 1. The van der Waals surface area contributed by atoms with Crippen LogP contribution in [0.4, 0.5) is 0 Å². The van der Waals surface area contributed by atoms with Gasteiger partial charge in [-0.3, -0.25) is 9.69 Å². The van der Waals surface area contributed by atoms with E-state index in [0.717, 1.165) is 18.8 Å². The molecule has 1 aliphatic rings. The minimum absolute atomic E-state index is 0.00492. The van der Waals surface area contributed by atoms with Crippen LogP contribution < -0.4 is 5.32 Å². The van der Waals surface area contributed by atoms with Crippen molar-refractivity contribution < 1.29 is 19.7 Å². The summed E-state index contributed by atoms with van der Waals surface area (Å²) >= 11 is 0. The number of hydrogen-bond acceptors (Lipinski definition) is 8. The molecule has 1 aromatic heterocycles. The number of carbonyl (C=O) groups is 1. The summed E-state index contributed by atoms with van der Waals surface area (Å²) in [6, 6.07) is 10.2. The minimum Gasteiger partial charge on any atom is -0.388 e. The van der Waals surface area contributed by atoms with E-state index in [0.29, 0.717) is 13.1 Å². The van der Waals surface area contributed by atoms with E-state index in [1.165, 1.54) is 5.56 Å². The van der Waals surface area contributed by atoms with Gasteiger partial charge in [0.05, 0.1) is 24.8 Å². The molecule has 1 saturated heterocycles. The number of hydrogen-bond donors (Lipinski definition) is 3. The third-order valence-corrected chi connectivity index (χ3v) is 5.41. The topological polar surface area (TPSA) is 116 Å². The van der Waals surface area contributed by atoms with Gasteiger partial charge in [0.15, 0.2) is 0 Å². The van der Waals surface area contributed by atoms with Crippen molar-refractivity contribution in [3.63, 3.8) is 0 Å². The Morgan fingerprint density at radius 1 is 1.12 bits per heavy atom. The van der Waals surface area contributed by atoms with Crippen molar-refractivity contribution in [2.75, 3.05) is 34.2 Å². The lowest BCUT2D eigenvalue weighted by Crippen LogP contribution is -2.37. The molecule has 0 radical (unpaired) electrons. The summed E-state index contributed by atoms with van der Waals surface area (Å²) in [4.78, 5) is 16.2. The number of amides is 1. The van der Waals surface area contributed by atoms with Gasteiger partial charge in [-0.25, -0.2) is 4.68 Å². The molecular formula is C22H34N6O4. The first kappa shape index (κ1) is 24.3. The molecule has 2 aromatic rings.